The van der Waals surface area contributed by atoms with Crippen molar-refractivity contribution in [1.82, 2.24) is 5.32 Å². The number of thiophene rings is 1. The van der Waals surface area contributed by atoms with Gasteiger partial charge in [0.2, 0.25) is 5.91 Å². The van der Waals surface area contributed by atoms with Crippen molar-refractivity contribution in [1.29, 1.82) is 0 Å². The summed E-state index contributed by atoms with van der Waals surface area (Å²) in [6.45, 7) is 5.04. The number of nitrogens with one attached hydrogen (secondary N) is 1. The van der Waals surface area contributed by atoms with Crippen molar-refractivity contribution in [2.75, 3.05) is 6.54 Å². The average Bonchev–Trinajstić information content (AvgIpc) is 2.99. The Labute approximate surface area is 130 Å². The van der Waals surface area contributed by atoms with E-state index in [0.717, 1.165) is 11.3 Å². The van der Waals surface area contributed by atoms with Gasteiger partial charge in [-0.25, -0.2) is 0 Å². The number of carbonyl (C=O) groups excluding carboxylic acids is 1. The van der Waals surface area contributed by atoms with Gasteiger partial charge in [0, 0.05) is 17.5 Å². The molecule has 21 heavy (non-hydrogen) atoms. The van der Waals surface area contributed by atoms with Gasteiger partial charge in [-0.05, 0) is 41.0 Å². The van der Waals surface area contributed by atoms with Crippen LogP contribution in [-0.2, 0) is 11.2 Å². The van der Waals surface area contributed by atoms with Crippen LogP contribution in [0.1, 0.15) is 35.8 Å². The molecule has 0 spiro atoms. The van der Waals surface area contributed by atoms with Gasteiger partial charge in [0.05, 0.1) is 0 Å². The minimum absolute atomic E-state index is 0.0396. The second-order valence-corrected chi connectivity index (χ2v) is 6.27. The van der Waals surface area contributed by atoms with Crippen LogP contribution in [0.5, 0.6) is 0 Å². The van der Waals surface area contributed by atoms with Crippen molar-refractivity contribution >= 4 is 23.3 Å². The van der Waals surface area contributed by atoms with Crippen LogP contribution in [0, 0.1) is 0 Å². The Bertz CT molecular complexity index is 582. The molecule has 2 aromatic rings. The maximum atomic E-state index is 11.7. The molecule has 3 heteroatoms. The third kappa shape index (κ3) is 5.20. The molecule has 0 aliphatic carbocycles. The summed E-state index contributed by atoms with van der Waals surface area (Å²) in [5.41, 5.74) is 2.60. The van der Waals surface area contributed by atoms with Crippen molar-refractivity contribution in [3.8, 4) is 0 Å². The van der Waals surface area contributed by atoms with Crippen LogP contribution in [0.15, 0.2) is 47.9 Å². The van der Waals surface area contributed by atoms with Crippen molar-refractivity contribution in [3.63, 3.8) is 0 Å². The molecule has 0 saturated heterocycles. The molecular formula is C18H21NOS. The van der Waals surface area contributed by atoms with E-state index in [1.807, 2.05) is 23.6 Å². The molecule has 0 fully saturated rings. The van der Waals surface area contributed by atoms with E-state index in [1.54, 1.807) is 17.4 Å². The number of hydrogen-bond donors (Lipinski definition) is 1. The predicted molar refractivity (Wildman–Crippen MR) is 90.6 cm³/mol. The van der Waals surface area contributed by atoms with Crippen molar-refractivity contribution < 1.29 is 4.79 Å². The summed E-state index contributed by atoms with van der Waals surface area (Å²) in [5.74, 6) is 0.517. The van der Waals surface area contributed by atoms with Crippen LogP contribution in [0.4, 0.5) is 0 Å². The van der Waals surface area contributed by atoms with Crippen LogP contribution in [0.25, 0.3) is 6.08 Å². The van der Waals surface area contributed by atoms with Crippen LogP contribution in [0.2, 0.25) is 0 Å². The van der Waals surface area contributed by atoms with Crippen LogP contribution >= 0.6 is 11.3 Å². The summed E-state index contributed by atoms with van der Waals surface area (Å²) in [4.78, 5) is 12.8. The van der Waals surface area contributed by atoms with E-state index in [2.05, 4.69) is 43.4 Å². The summed E-state index contributed by atoms with van der Waals surface area (Å²) >= 11 is 1.62. The number of rotatable bonds is 6. The molecule has 0 aliphatic rings. The minimum atomic E-state index is -0.0396. The third-order valence-corrected chi connectivity index (χ3v) is 4.14. The Balaban J connectivity index is 1.74. The fraction of sp³-hybridized carbons (Fsp3) is 0.278. The summed E-state index contributed by atoms with van der Waals surface area (Å²) < 4.78 is 0. The van der Waals surface area contributed by atoms with E-state index < -0.39 is 0 Å². The maximum Gasteiger partial charge on any atom is 0.244 e. The largest absolute Gasteiger partial charge is 0.352 e. The summed E-state index contributed by atoms with van der Waals surface area (Å²) in [5, 5.41) is 4.91. The Morgan fingerprint density at radius 1 is 1.24 bits per heavy atom. The zero-order valence-electron chi connectivity index (χ0n) is 12.5. The molecular weight excluding hydrogens is 278 g/mol. The number of carbonyl (C=O) groups is 1. The van der Waals surface area contributed by atoms with Gasteiger partial charge in [0.15, 0.2) is 0 Å². The Morgan fingerprint density at radius 2 is 2.00 bits per heavy atom. The van der Waals surface area contributed by atoms with Gasteiger partial charge >= 0.3 is 0 Å². The lowest BCUT2D eigenvalue weighted by Crippen LogP contribution is -2.23. The minimum Gasteiger partial charge on any atom is -0.352 e. The lowest BCUT2D eigenvalue weighted by atomic mass is 10.0. The molecule has 110 valence electrons. The molecule has 2 nitrogen and oxygen atoms in total. The maximum absolute atomic E-state index is 11.7. The first-order valence-electron chi connectivity index (χ1n) is 7.23. The third-order valence-electron chi connectivity index (χ3n) is 3.30. The highest BCUT2D eigenvalue weighted by Gasteiger charge is 2.00. The normalized spacial score (nSPS) is 11.2. The second-order valence-electron chi connectivity index (χ2n) is 5.29. The van der Waals surface area contributed by atoms with Gasteiger partial charge in [0.25, 0.3) is 0 Å². The monoisotopic (exact) mass is 299 g/mol. The van der Waals surface area contributed by atoms with Crippen molar-refractivity contribution in [2.45, 2.75) is 26.2 Å². The predicted octanol–water partition coefficient (Wildman–Crippen LogP) is 4.24. The lowest BCUT2D eigenvalue weighted by molar-refractivity contribution is -0.116. The SMILES string of the molecule is CC(C)c1ccc(CCNC(=O)/C=C/c2cccs2)cc1. The first kappa shape index (κ1) is 15.5. The van der Waals surface area contributed by atoms with E-state index in [0.29, 0.717) is 12.5 Å². The second kappa shape index (κ2) is 7.79. The molecule has 1 amide bonds. The van der Waals surface area contributed by atoms with E-state index in [4.69, 9.17) is 0 Å². The Hall–Kier alpha value is -1.87. The van der Waals surface area contributed by atoms with Crippen LogP contribution in [0.3, 0.4) is 0 Å². The molecule has 1 N–H and O–H groups in total. The fourth-order valence-electron chi connectivity index (χ4n) is 2.00. The quantitative estimate of drug-likeness (QED) is 0.794. The van der Waals surface area contributed by atoms with E-state index in [1.165, 1.54) is 11.1 Å². The highest BCUT2D eigenvalue weighted by Crippen LogP contribution is 2.14. The smallest absolute Gasteiger partial charge is 0.244 e. The van der Waals surface area contributed by atoms with Crippen LogP contribution < -0.4 is 5.32 Å². The van der Waals surface area contributed by atoms with E-state index in [-0.39, 0.29) is 5.91 Å². The molecule has 0 aliphatic heterocycles. The number of amides is 1. The van der Waals surface area contributed by atoms with Crippen LogP contribution in [-0.4, -0.2) is 12.5 Å². The fourth-order valence-corrected chi connectivity index (χ4v) is 2.62. The topological polar surface area (TPSA) is 29.1 Å². The first-order chi connectivity index (χ1) is 10.1. The highest BCUT2D eigenvalue weighted by molar-refractivity contribution is 7.10. The standard InChI is InChI=1S/C18H21NOS/c1-14(2)16-7-5-15(6-8-16)11-12-19-18(20)10-9-17-4-3-13-21-17/h3-10,13-14H,11-12H2,1-2H3,(H,19,20)/b10-9+. The molecule has 1 aromatic heterocycles. The number of benzene rings is 1. The summed E-state index contributed by atoms with van der Waals surface area (Å²) in [6, 6.07) is 12.6. The van der Waals surface area contributed by atoms with E-state index >= 15 is 0 Å². The van der Waals surface area contributed by atoms with E-state index in [9.17, 15) is 4.79 Å². The lowest BCUT2D eigenvalue weighted by Gasteiger charge is -2.07. The highest BCUT2D eigenvalue weighted by atomic mass is 32.1. The molecule has 0 saturated carbocycles. The van der Waals surface area contributed by atoms with Gasteiger partial charge in [-0.3, -0.25) is 4.79 Å². The molecule has 0 unspecified atom stereocenters. The Morgan fingerprint density at radius 3 is 2.62 bits per heavy atom. The Kier molecular flexibility index (Phi) is 5.76. The van der Waals surface area contributed by atoms with Gasteiger partial charge in [-0.1, -0.05) is 44.2 Å². The zero-order chi connectivity index (χ0) is 15.1. The number of hydrogen-bond acceptors (Lipinski definition) is 2. The van der Waals surface area contributed by atoms with Crippen molar-refractivity contribution in [3.05, 3.63) is 63.9 Å². The van der Waals surface area contributed by atoms with Gasteiger partial charge in [-0.15, -0.1) is 11.3 Å². The molecule has 1 aromatic carbocycles. The molecule has 2 rings (SSSR count). The van der Waals surface area contributed by atoms with Gasteiger partial charge < -0.3 is 5.32 Å². The summed E-state index contributed by atoms with van der Waals surface area (Å²) in [6.07, 6.45) is 4.29. The molecule has 0 radical (unpaired) electrons. The van der Waals surface area contributed by atoms with Gasteiger partial charge in [0.1, 0.15) is 0 Å². The van der Waals surface area contributed by atoms with Crippen molar-refractivity contribution in [2.24, 2.45) is 0 Å². The first-order valence-corrected chi connectivity index (χ1v) is 8.11. The zero-order valence-corrected chi connectivity index (χ0v) is 13.3. The average molecular weight is 299 g/mol. The molecule has 0 bridgehead atoms. The summed E-state index contributed by atoms with van der Waals surface area (Å²) in [7, 11) is 0. The molecule has 1 heterocycles. The van der Waals surface area contributed by atoms with Gasteiger partial charge in [-0.2, -0.15) is 0 Å². The molecule has 0 atom stereocenters.